The highest BCUT2D eigenvalue weighted by Crippen LogP contribution is 2.25. The van der Waals surface area contributed by atoms with Crippen LogP contribution in [0.4, 0.5) is 5.82 Å². The summed E-state index contributed by atoms with van der Waals surface area (Å²) in [5.41, 5.74) is 2.51. The van der Waals surface area contributed by atoms with Crippen LogP contribution in [-0.4, -0.2) is 21.5 Å². The molecule has 1 aromatic carbocycles. The molecule has 0 radical (unpaired) electrons. The normalized spacial score (nSPS) is 10.6. The molecule has 0 atom stereocenters. The highest BCUT2D eigenvalue weighted by molar-refractivity contribution is 6.33. The Morgan fingerprint density at radius 1 is 1.00 bits per heavy atom. The molecule has 0 unspecified atom stereocenters. The minimum absolute atomic E-state index is 0.522. The van der Waals surface area contributed by atoms with E-state index in [0.717, 1.165) is 17.0 Å². The van der Waals surface area contributed by atoms with Crippen LogP contribution in [0, 0.1) is 6.92 Å². The van der Waals surface area contributed by atoms with Crippen LogP contribution in [-0.2, 0) is 6.42 Å². The number of halogens is 2. The first kappa shape index (κ1) is 16.7. The summed E-state index contributed by atoms with van der Waals surface area (Å²) < 4.78 is 0. The summed E-state index contributed by atoms with van der Waals surface area (Å²) in [7, 11) is 0. The molecule has 4 nitrogen and oxygen atoms in total. The monoisotopic (exact) mass is 358 g/mol. The minimum Gasteiger partial charge on any atom is -0.368 e. The van der Waals surface area contributed by atoms with Crippen molar-refractivity contribution in [2.24, 2.45) is 0 Å². The van der Waals surface area contributed by atoms with Crippen molar-refractivity contribution in [3.8, 4) is 11.5 Å². The zero-order valence-corrected chi connectivity index (χ0v) is 14.6. The molecule has 6 heteroatoms. The molecular weight excluding hydrogens is 343 g/mol. The molecule has 1 N–H and O–H groups in total. The fraction of sp³-hybridized carbons (Fsp3) is 0.167. The number of rotatable bonds is 5. The van der Waals surface area contributed by atoms with Crippen LogP contribution in [0.25, 0.3) is 11.5 Å². The third kappa shape index (κ3) is 3.83. The Morgan fingerprint density at radius 2 is 1.79 bits per heavy atom. The van der Waals surface area contributed by atoms with Gasteiger partial charge in [0.25, 0.3) is 0 Å². The second-order valence-corrected chi connectivity index (χ2v) is 6.06. The molecule has 122 valence electrons. The van der Waals surface area contributed by atoms with Crippen molar-refractivity contribution < 1.29 is 0 Å². The van der Waals surface area contributed by atoms with E-state index >= 15 is 0 Å². The standard InChI is InChI=1S/C18H16Cl2N4/c1-12-16(20)18(22-11-9-13-6-2-3-7-14(13)19)24-17(23-12)15-8-4-5-10-21-15/h2-8,10H,9,11H2,1H3,(H,22,23,24). The maximum Gasteiger partial charge on any atom is 0.180 e. The van der Waals surface area contributed by atoms with Crippen LogP contribution >= 0.6 is 23.2 Å². The molecule has 0 fully saturated rings. The SMILES string of the molecule is Cc1nc(-c2ccccn2)nc(NCCc2ccccc2Cl)c1Cl. The molecule has 24 heavy (non-hydrogen) atoms. The number of aromatic nitrogens is 3. The van der Waals surface area contributed by atoms with Crippen molar-refractivity contribution in [2.75, 3.05) is 11.9 Å². The lowest BCUT2D eigenvalue weighted by atomic mass is 10.1. The zero-order chi connectivity index (χ0) is 16.9. The first-order valence-electron chi connectivity index (χ1n) is 7.58. The molecule has 0 amide bonds. The largest absolute Gasteiger partial charge is 0.368 e. The fourth-order valence-electron chi connectivity index (χ4n) is 2.30. The summed E-state index contributed by atoms with van der Waals surface area (Å²) >= 11 is 12.5. The average molecular weight is 359 g/mol. The summed E-state index contributed by atoms with van der Waals surface area (Å²) in [6, 6.07) is 13.4. The Morgan fingerprint density at radius 3 is 2.54 bits per heavy atom. The molecule has 0 saturated heterocycles. The highest BCUT2D eigenvalue weighted by Gasteiger charge is 2.11. The lowest BCUT2D eigenvalue weighted by molar-refractivity contribution is 0.993. The first-order chi connectivity index (χ1) is 11.6. The van der Waals surface area contributed by atoms with Gasteiger partial charge in [-0.15, -0.1) is 0 Å². The third-order valence-corrected chi connectivity index (χ3v) is 4.38. The predicted molar refractivity (Wildman–Crippen MR) is 98.7 cm³/mol. The Hall–Kier alpha value is -2.17. The second kappa shape index (κ2) is 7.60. The van der Waals surface area contributed by atoms with E-state index < -0.39 is 0 Å². The van der Waals surface area contributed by atoms with Crippen molar-refractivity contribution in [1.82, 2.24) is 15.0 Å². The lowest BCUT2D eigenvalue weighted by Gasteiger charge is -2.11. The molecule has 0 aliphatic heterocycles. The number of aryl methyl sites for hydroxylation is 1. The number of anilines is 1. The van der Waals surface area contributed by atoms with E-state index in [-0.39, 0.29) is 0 Å². The van der Waals surface area contributed by atoms with Crippen LogP contribution in [0.15, 0.2) is 48.7 Å². The summed E-state index contributed by atoms with van der Waals surface area (Å²) in [5.74, 6) is 1.16. The quantitative estimate of drug-likeness (QED) is 0.710. The maximum atomic E-state index is 6.33. The van der Waals surface area contributed by atoms with Gasteiger partial charge in [-0.2, -0.15) is 0 Å². The second-order valence-electron chi connectivity index (χ2n) is 5.28. The van der Waals surface area contributed by atoms with Crippen LogP contribution < -0.4 is 5.32 Å². The number of nitrogens with one attached hydrogen (secondary N) is 1. The van der Waals surface area contributed by atoms with Crippen LogP contribution in [0.3, 0.4) is 0 Å². The molecule has 0 saturated carbocycles. The van der Waals surface area contributed by atoms with Crippen LogP contribution in [0.5, 0.6) is 0 Å². The number of hydrogen-bond acceptors (Lipinski definition) is 4. The summed E-state index contributed by atoms with van der Waals surface area (Å²) in [6.07, 6.45) is 2.49. The molecule has 0 spiro atoms. The summed E-state index contributed by atoms with van der Waals surface area (Å²) in [4.78, 5) is 13.2. The van der Waals surface area contributed by atoms with Gasteiger partial charge in [0.1, 0.15) is 16.5 Å². The molecule has 0 aliphatic rings. The predicted octanol–water partition coefficient (Wildman–Crippen LogP) is 4.81. The van der Waals surface area contributed by atoms with Gasteiger partial charge in [-0.05, 0) is 37.1 Å². The average Bonchev–Trinajstić information content (AvgIpc) is 2.61. The van der Waals surface area contributed by atoms with Gasteiger partial charge in [-0.25, -0.2) is 9.97 Å². The van der Waals surface area contributed by atoms with E-state index in [1.54, 1.807) is 6.20 Å². The molecule has 2 heterocycles. The van der Waals surface area contributed by atoms with Crippen LogP contribution in [0.1, 0.15) is 11.3 Å². The Balaban J connectivity index is 1.78. The van der Waals surface area contributed by atoms with E-state index in [9.17, 15) is 0 Å². The van der Waals surface area contributed by atoms with Gasteiger partial charge in [0.15, 0.2) is 5.82 Å². The number of hydrogen-bond donors (Lipinski definition) is 1. The molecule has 3 rings (SSSR count). The molecule has 3 aromatic rings. The van der Waals surface area contributed by atoms with Crippen molar-refractivity contribution in [2.45, 2.75) is 13.3 Å². The van der Waals surface area contributed by atoms with Gasteiger partial charge in [0, 0.05) is 17.8 Å². The minimum atomic E-state index is 0.522. The van der Waals surface area contributed by atoms with Crippen molar-refractivity contribution in [3.05, 3.63) is 70.0 Å². The molecule has 0 bridgehead atoms. The van der Waals surface area contributed by atoms with E-state index in [1.807, 2.05) is 49.4 Å². The maximum absolute atomic E-state index is 6.33. The number of benzene rings is 1. The number of pyridine rings is 1. The van der Waals surface area contributed by atoms with Gasteiger partial charge in [0.2, 0.25) is 0 Å². The first-order valence-corrected chi connectivity index (χ1v) is 8.33. The summed E-state index contributed by atoms with van der Waals surface area (Å²) in [5, 5.41) is 4.55. The van der Waals surface area contributed by atoms with Gasteiger partial charge >= 0.3 is 0 Å². The van der Waals surface area contributed by atoms with E-state index in [2.05, 4.69) is 20.3 Å². The summed E-state index contributed by atoms with van der Waals surface area (Å²) in [6.45, 7) is 2.53. The van der Waals surface area contributed by atoms with E-state index in [1.165, 1.54) is 0 Å². The smallest absolute Gasteiger partial charge is 0.180 e. The van der Waals surface area contributed by atoms with E-state index in [4.69, 9.17) is 23.2 Å². The molecular formula is C18H16Cl2N4. The van der Waals surface area contributed by atoms with Crippen LogP contribution in [0.2, 0.25) is 10.0 Å². The van der Waals surface area contributed by atoms with Gasteiger partial charge in [0.05, 0.1) is 5.69 Å². The Kier molecular flexibility index (Phi) is 5.28. The molecule has 0 aliphatic carbocycles. The fourth-order valence-corrected chi connectivity index (χ4v) is 2.68. The Labute approximate surface area is 150 Å². The molecule has 2 aromatic heterocycles. The lowest BCUT2D eigenvalue weighted by Crippen LogP contribution is -2.09. The van der Waals surface area contributed by atoms with Crippen molar-refractivity contribution in [3.63, 3.8) is 0 Å². The van der Waals surface area contributed by atoms with Gasteiger partial charge in [-0.1, -0.05) is 47.5 Å². The van der Waals surface area contributed by atoms with Crippen molar-refractivity contribution >= 4 is 29.0 Å². The highest BCUT2D eigenvalue weighted by atomic mass is 35.5. The third-order valence-electron chi connectivity index (χ3n) is 3.56. The zero-order valence-electron chi connectivity index (χ0n) is 13.1. The van der Waals surface area contributed by atoms with Crippen molar-refractivity contribution in [1.29, 1.82) is 0 Å². The number of nitrogens with zero attached hydrogens (tertiary/aromatic N) is 3. The van der Waals surface area contributed by atoms with Gasteiger partial charge < -0.3 is 5.32 Å². The Bertz CT molecular complexity index is 838. The van der Waals surface area contributed by atoms with E-state index in [0.29, 0.717) is 34.6 Å². The topological polar surface area (TPSA) is 50.7 Å². The van der Waals surface area contributed by atoms with Gasteiger partial charge in [-0.3, -0.25) is 4.98 Å².